The Labute approximate surface area is 131 Å². The summed E-state index contributed by atoms with van der Waals surface area (Å²) in [5.74, 6) is -0.969. The lowest BCUT2D eigenvalue weighted by Gasteiger charge is -2.03. The molecule has 7 heteroatoms. The van der Waals surface area contributed by atoms with Crippen molar-refractivity contribution >= 4 is 23.9 Å². The molecule has 0 aliphatic heterocycles. The number of aromatic nitrogens is 2. The number of hydrogen-bond donors (Lipinski definition) is 0. The number of carbonyl (C=O) groups is 2. The Balaban J connectivity index is 2.35. The van der Waals surface area contributed by atoms with Gasteiger partial charge in [0.15, 0.2) is 5.69 Å². The second-order valence-electron chi connectivity index (χ2n) is 4.49. The minimum Gasteiger partial charge on any atom is -0.461 e. The summed E-state index contributed by atoms with van der Waals surface area (Å²) in [6.45, 7) is 2.13. The van der Waals surface area contributed by atoms with Crippen molar-refractivity contribution in [1.29, 1.82) is 0 Å². The van der Waals surface area contributed by atoms with Gasteiger partial charge in [-0.05, 0) is 24.6 Å². The first-order valence-electron chi connectivity index (χ1n) is 6.67. The Hall–Kier alpha value is -2.21. The lowest BCUT2D eigenvalue weighted by molar-refractivity contribution is -0.107. The van der Waals surface area contributed by atoms with Crippen molar-refractivity contribution in [2.24, 2.45) is 0 Å². The lowest BCUT2D eigenvalue weighted by Crippen LogP contribution is -2.09. The third kappa shape index (κ3) is 3.51. The second-order valence-corrected chi connectivity index (χ2v) is 4.85. The van der Waals surface area contributed by atoms with Crippen LogP contribution in [0, 0.1) is 5.82 Å². The fraction of sp³-hybridized carbons (Fsp3) is 0.267. The molecule has 0 amide bonds. The van der Waals surface area contributed by atoms with E-state index < -0.39 is 5.97 Å². The number of benzene rings is 1. The van der Waals surface area contributed by atoms with Gasteiger partial charge in [-0.2, -0.15) is 5.10 Å². The molecular weight excluding hydrogens is 311 g/mol. The molecule has 0 saturated carbocycles. The lowest BCUT2D eigenvalue weighted by atomic mass is 10.2. The summed E-state index contributed by atoms with van der Waals surface area (Å²) in [7, 11) is 0. The van der Waals surface area contributed by atoms with Crippen LogP contribution < -0.4 is 0 Å². The molecule has 0 fully saturated rings. The molecule has 2 aromatic rings. The van der Waals surface area contributed by atoms with Crippen LogP contribution in [0.1, 0.15) is 28.5 Å². The Morgan fingerprint density at radius 3 is 2.68 bits per heavy atom. The molecule has 2 rings (SSSR count). The number of nitrogens with zero attached hydrogens (tertiary/aromatic N) is 2. The molecule has 0 unspecified atom stereocenters. The van der Waals surface area contributed by atoms with E-state index in [0.717, 1.165) is 5.56 Å². The van der Waals surface area contributed by atoms with E-state index in [1.54, 1.807) is 19.1 Å². The summed E-state index contributed by atoms with van der Waals surface area (Å²) >= 11 is 6.19. The molecule has 0 spiro atoms. The standard InChI is InChI=1S/C15H14ClFN2O3/c1-2-22-15(21)13-12(7-8-20)14(16)19(18-13)9-10-3-5-11(17)6-4-10/h3-6,8H,2,7,9H2,1H3. The maximum absolute atomic E-state index is 12.9. The molecule has 0 radical (unpaired) electrons. The average Bonchev–Trinajstić information content (AvgIpc) is 2.80. The van der Waals surface area contributed by atoms with Gasteiger partial charge in [0.05, 0.1) is 13.2 Å². The van der Waals surface area contributed by atoms with Crippen molar-refractivity contribution in [3.63, 3.8) is 0 Å². The molecule has 116 valence electrons. The average molecular weight is 325 g/mol. The zero-order valence-electron chi connectivity index (χ0n) is 11.9. The van der Waals surface area contributed by atoms with Crippen molar-refractivity contribution in [2.75, 3.05) is 6.61 Å². The van der Waals surface area contributed by atoms with Gasteiger partial charge < -0.3 is 9.53 Å². The molecule has 0 bridgehead atoms. The first-order chi connectivity index (χ1) is 10.6. The highest BCUT2D eigenvalue weighted by molar-refractivity contribution is 6.31. The molecule has 0 aliphatic carbocycles. The Bertz CT molecular complexity index is 683. The van der Waals surface area contributed by atoms with E-state index in [2.05, 4.69) is 5.10 Å². The predicted molar refractivity (Wildman–Crippen MR) is 78.5 cm³/mol. The van der Waals surface area contributed by atoms with E-state index in [1.165, 1.54) is 16.8 Å². The van der Waals surface area contributed by atoms with E-state index >= 15 is 0 Å². The maximum atomic E-state index is 12.9. The van der Waals surface area contributed by atoms with Crippen molar-refractivity contribution in [1.82, 2.24) is 9.78 Å². The number of rotatable bonds is 6. The Morgan fingerprint density at radius 2 is 2.09 bits per heavy atom. The van der Waals surface area contributed by atoms with Gasteiger partial charge in [0.25, 0.3) is 0 Å². The van der Waals surface area contributed by atoms with Crippen LogP contribution in [0.3, 0.4) is 0 Å². The monoisotopic (exact) mass is 324 g/mol. The van der Waals surface area contributed by atoms with Gasteiger partial charge in [-0.25, -0.2) is 13.9 Å². The highest BCUT2D eigenvalue weighted by Gasteiger charge is 2.22. The first kappa shape index (κ1) is 16.2. The van der Waals surface area contributed by atoms with Gasteiger partial charge in [0, 0.05) is 12.0 Å². The van der Waals surface area contributed by atoms with Crippen LogP contribution in [0.2, 0.25) is 5.15 Å². The van der Waals surface area contributed by atoms with Crippen LogP contribution in [0.15, 0.2) is 24.3 Å². The van der Waals surface area contributed by atoms with E-state index in [4.69, 9.17) is 16.3 Å². The summed E-state index contributed by atoms with van der Waals surface area (Å²) in [6, 6.07) is 5.84. The smallest absolute Gasteiger partial charge is 0.359 e. The van der Waals surface area contributed by atoms with E-state index in [0.29, 0.717) is 11.8 Å². The number of carbonyl (C=O) groups excluding carboxylic acids is 2. The molecule has 1 aromatic heterocycles. The van der Waals surface area contributed by atoms with Gasteiger partial charge >= 0.3 is 5.97 Å². The molecule has 0 saturated heterocycles. The number of hydrogen-bond acceptors (Lipinski definition) is 4. The first-order valence-corrected chi connectivity index (χ1v) is 7.05. The van der Waals surface area contributed by atoms with Crippen LogP contribution in [0.25, 0.3) is 0 Å². The highest BCUT2D eigenvalue weighted by atomic mass is 35.5. The summed E-state index contributed by atoms with van der Waals surface area (Å²) < 4.78 is 19.2. The maximum Gasteiger partial charge on any atom is 0.359 e. The third-order valence-electron chi connectivity index (χ3n) is 2.98. The SMILES string of the molecule is CCOC(=O)c1nn(Cc2ccc(F)cc2)c(Cl)c1CC=O. The normalized spacial score (nSPS) is 10.5. The van der Waals surface area contributed by atoms with Crippen LogP contribution in [-0.4, -0.2) is 28.6 Å². The third-order valence-corrected chi connectivity index (χ3v) is 3.41. The highest BCUT2D eigenvalue weighted by Crippen LogP contribution is 2.22. The fourth-order valence-electron chi connectivity index (χ4n) is 1.97. The van der Waals surface area contributed by atoms with Gasteiger partial charge in [-0.3, -0.25) is 0 Å². The molecule has 1 aromatic carbocycles. The Kier molecular flexibility index (Phi) is 5.27. The van der Waals surface area contributed by atoms with E-state index in [1.807, 2.05) is 0 Å². The van der Waals surface area contributed by atoms with Gasteiger partial charge in [0.2, 0.25) is 0 Å². The minimum absolute atomic E-state index is 0.0288. The molecule has 1 heterocycles. The largest absolute Gasteiger partial charge is 0.461 e. The zero-order valence-corrected chi connectivity index (χ0v) is 12.6. The van der Waals surface area contributed by atoms with Gasteiger partial charge in [0.1, 0.15) is 17.3 Å². The topological polar surface area (TPSA) is 61.2 Å². The quantitative estimate of drug-likeness (QED) is 0.605. The number of halogens is 2. The predicted octanol–water partition coefficient (Wildman–Crippen LogP) is 2.64. The molecule has 5 nitrogen and oxygen atoms in total. The van der Waals surface area contributed by atoms with Crippen molar-refractivity contribution in [3.05, 3.63) is 52.1 Å². The van der Waals surface area contributed by atoms with Crippen LogP contribution in [0.5, 0.6) is 0 Å². The van der Waals surface area contributed by atoms with Gasteiger partial charge in [-0.15, -0.1) is 0 Å². The second kappa shape index (κ2) is 7.17. The summed E-state index contributed by atoms with van der Waals surface area (Å²) in [5, 5.41) is 4.32. The molecule has 0 N–H and O–H groups in total. The molecule has 22 heavy (non-hydrogen) atoms. The number of ether oxygens (including phenoxy) is 1. The van der Waals surface area contributed by atoms with Crippen LogP contribution in [-0.2, 0) is 22.5 Å². The number of esters is 1. The minimum atomic E-state index is -0.626. The fourth-order valence-corrected chi connectivity index (χ4v) is 2.24. The van der Waals surface area contributed by atoms with Gasteiger partial charge in [-0.1, -0.05) is 23.7 Å². The van der Waals surface area contributed by atoms with Crippen LogP contribution in [0.4, 0.5) is 4.39 Å². The Morgan fingerprint density at radius 1 is 1.41 bits per heavy atom. The summed E-state index contributed by atoms with van der Waals surface area (Å²) in [6.07, 6.45) is 0.615. The molecular formula is C15H14ClFN2O3. The van der Waals surface area contributed by atoms with E-state index in [-0.39, 0.29) is 36.2 Å². The van der Waals surface area contributed by atoms with Crippen molar-refractivity contribution < 1.29 is 18.7 Å². The molecule has 0 aliphatic rings. The zero-order chi connectivity index (χ0) is 16.1. The van der Waals surface area contributed by atoms with Crippen LogP contribution >= 0.6 is 11.6 Å². The summed E-state index contributed by atoms with van der Waals surface area (Å²) in [5.41, 5.74) is 1.12. The summed E-state index contributed by atoms with van der Waals surface area (Å²) in [4.78, 5) is 22.7. The number of aldehydes is 1. The van der Waals surface area contributed by atoms with E-state index in [9.17, 15) is 14.0 Å². The molecule has 0 atom stereocenters. The van der Waals surface area contributed by atoms with Crippen molar-refractivity contribution in [3.8, 4) is 0 Å². The van der Waals surface area contributed by atoms with Crippen molar-refractivity contribution in [2.45, 2.75) is 19.9 Å².